The third kappa shape index (κ3) is 4.14. The second kappa shape index (κ2) is 6.35. The minimum absolute atomic E-state index is 0.163. The highest BCUT2D eigenvalue weighted by atomic mass is 16.5. The molecule has 0 aliphatic rings. The molecule has 1 atom stereocenters. The monoisotopic (exact) mass is 145 g/mol. The van der Waals surface area contributed by atoms with Gasteiger partial charge in [-0.05, 0) is 12.5 Å². The summed E-state index contributed by atoms with van der Waals surface area (Å²) in [4.78, 5) is 2.54. The number of rotatable bonds is 5. The van der Waals surface area contributed by atoms with Crippen LogP contribution in [0.4, 0.5) is 0 Å². The lowest BCUT2D eigenvalue weighted by Crippen LogP contribution is -2.16. The highest BCUT2D eigenvalue weighted by Crippen LogP contribution is 1.90. The molecule has 0 aromatic heterocycles. The molecule has 0 radical (unpaired) electrons. The van der Waals surface area contributed by atoms with E-state index in [-0.39, 0.29) is 13.2 Å². The smallest absolute Gasteiger partial charge is 0.0838 e. The van der Waals surface area contributed by atoms with Crippen molar-refractivity contribution < 1.29 is 9.84 Å². The van der Waals surface area contributed by atoms with Crippen molar-refractivity contribution >= 4 is 0 Å². The zero-order valence-electron chi connectivity index (χ0n) is 5.90. The highest BCUT2D eigenvalue weighted by molar-refractivity contribution is 4.63. The molecule has 0 aliphatic carbocycles. The molecular weight excluding hydrogens is 134 g/mol. The van der Waals surface area contributed by atoms with Gasteiger partial charge < -0.3 is 9.84 Å². The van der Waals surface area contributed by atoms with Crippen LogP contribution >= 0.6 is 0 Å². The van der Waals surface area contributed by atoms with Crippen molar-refractivity contribution in [3.8, 4) is 0 Å². The lowest BCUT2D eigenvalue weighted by molar-refractivity contribution is 0.111. The summed E-state index contributed by atoms with van der Waals surface area (Å²) in [7, 11) is 0. The average molecular weight is 145 g/mol. The summed E-state index contributed by atoms with van der Waals surface area (Å²) in [6.07, 6.45) is 0. The van der Waals surface area contributed by atoms with Crippen molar-refractivity contribution in [2.75, 3.05) is 19.8 Å². The number of azide groups is 1. The number of ether oxygens (including phenoxy) is 1. The quantitative estimate of drug-likeness (QED) is 0.351. The van der Waals surface area contributed by atoms with Crippen LogP contribution in [0.15, 0.2) is 5.11 Å². The number of nitrogens with zero attached hydrogens (tertiary/aromatic N) is 3. The Kier molecular flexibility index (Phi) is 5.86. The van der Waals surface area contributed by atoms with Gasteiger partial charge in [-0.15, -0.1) is 0 Å². The molecule has 0 saturated heterocycles. The maximum absolute atomic E-state index is 8.54. The van der Waals surface area contributed by atoms with Gasteiger partial charge in [0.05, 0.1) is 19.3 Å². The first-order valence-electron chi connectivity index (χ1n) is 3.08. The molecule has 1 N–H and O–H groups in total. The summed E-state index contributed by atoms with van der Waals surface area (Å²) in [5, 5.41) is 11.8. The predicted molar refractivity (Wildman–Crippen MR) is 36.5 cm³/mol. The summed E-state index contributed by atoms with van der Waals surface area (Å²) in [6.45, 7) is 2.53. The molecule has 0 amide bonds. The van der Waals surface area contributed by atoms with Crippen molar-refractivity contribution in [3.05, 3.63) is 10.4 Å². The molecule has 0 bridgehead atoms. The van der Waals surface area contributed by atoms with Crippen molar-refractivity contribution in [2.45, 2.75) is 13.0 Å². The SMILES string of the molecule is CCOCC(CO)N=[N+]=[N-]. The lowest BCUT2D eigenvalue weighted by Gasteiger charge is -2.05. The van der Waals surface area contributed by atoms with Crippen molar-refractivity contribution in [3.63, 3.8) is 0 Å². The van der Waals surface area contributed by atoms with Gasteiger partial charge in [-0.3, -0.25) is 0 Å². The summed E-state index contributed by atoms with van der Waals surface area (Å²) in [5.74, 6) is 0. The molecular formula is C5H11N3O2. The van der Waals surface area contributed by atoms with Gasteiger partial charge in [0.25, 0.3) is 0 Å². The van der Waals surface area contributed by atoms with E-state index in [0.29, 0.717) is 6.61 Å². The fraction of sp³-hybridized carbons (Fsp3) is 1.00. The zero-order valence-corrected chi connectivity index (χ0v) is 5.90. The number of aliphatic hydroxyl groups is 1. The van der Waals surface area contributed by atoms with E-state index in [1.54, 1.807) is 0 Å². The Morgan fingerprint density at radius 3 is 2.90 bits per heavy atom. The molecule has 0 spiro atoms. The van der Waals surface area contributed by atoms with Crippen molar-refractivity contribution in [1.82, 2.24) is 0 Å². The first-order chi connectivity index (χ1) is 4.85. The molecule has 0 aromatic carbocycles. The fourth-order valence-electron chi connectivity index (χ4n) is 0.449. The molecule has 5 heteroatoms. The normalized spacial score (nSPS) is 12.2. The number of aliphatic hydroxyl groups excluding tert-OH is 1. The lowest BCUT2D eigenvalue weighted by atomic mass is 10.4. The fourth-order valence-corrected chi connectivity index (χ4v) is 0.449. The second-order valence-electron chi connectivity index (χ2n) is 1.70. The summed E-state index contributed by atoms with van der Waals surface area (Å²) in [5.41, 5.74) is 7.96. The molecule has 0 saturated carbocycles. The van der Waals surface area contributed by atoms with Crippen molar-refractivity contribution in [2.24, 2.45) is 5.11 Å². The van der Waals surface area contributed by atoms with Crippen LogP contribution in [0, 0.1) is 0 Å². The van der Waals surface area contributed by atoms with Gasteiger partial charge in [0, 0.05) is 11.5 Å². The van der Waals surface area contributed by atoms with Gasteiger partial charge in [0.15, 0.2) is 0 Å². The molecule has 0 aromatic rings. The molecule has 10 heavy (non-hydrogen) atoms. The van der Waals surface area contributed by atoms with Crippen LogP contribution in [0.2, 0.25) is 0 Å². The number of hydrogen-bond acceptors (Lipinski definition) is 3. The molecule has 0 fully saturated rings. The maximum Gasteiger partial charge on any atom is 0.0838 e. The highest BCUT2D eigenvalue weighted by Gasteiger charge is 2.02. The standard InChI is InChI=1S/C5H11N3O2/c1-2-10-4-5(3-9)7-8-6/h5,9H,2-4H2,1H3. The maximum atomic E-state index is 8.54. The summed E-state index contributed by atoms with van der Waals surface area (Å²) < 4.78 is 4.91. The van der Waals surface area contributed by atoms with Crippen LogP contribution in [-0.4, -0.2) is 31.0 Å². The van der Waals surface area contributed by atoms with Crippen LogP contribution in [0.25, 0.3) is 10.4 Å². The molecule has 5 nitrogen and oxygen atoms in total. The minimum Gasteiger partial charge on any atom is -0.396 e. The third-order valence-corrected chi connectivity index (χ3v) is 0.940. The van der Waals surface area contributed by atoms with E-state index in [0.717, 1.165) is 0 Å². The van der Waals surface area contributed by atoms with E-state index in [9.17, 15) is 0 Å². The Hall–Kier alpha value is -0.770. The molecule has 0 heterocycles. The Morgan fingerprint density at radius 2 is 2.50 bits per heavy atom. The Bertz CT molecular complexity index is 122. The van der Waals surface area contributed by atoms with E-state index in [1.807, 2.05) is 6.92 Å². The van der Waals surface area contributed by atoms with Gasteiger partial charge in [-0.1, -0.05) is 5.11 Å². The van der Waals surface area contributed by atoms with Gasteiger partial charge in [-0.25, -0.2) is 0 Å². The van der Waals surface area contributed by atoms with Gasteiger partial charge >= 0.3 is 0 Å². The van der Waals surface area contributed by atoms with Crippen LogP contribution in [0.1, 0.15) is 6.92 Å². The second-order valence-corrected chi connectivity index (χ2v) is 1.70. The average Bonchev–Trinajstić information content (AvgIpc) is 1.98. The molecule has 1 unspecified atom stereocenters. The Labute approximate surface area is 59.2 Å². The zero-order chi connectivity index (χ0) is 7.82. The first kappa shape index (κ1) is 9.23. The Balaban J connectivity index is 3.49. The predicted octanol–water partition coefficient (Wildman–Crippen LogP) is 0.694. The van der Waals surface area contributed by atoms with E-state index >= 15 is 0 Å². The van der Waals surface area contributed by atoms with Crippen LogP contribution in [0.3, 0.4) is 0 Å². The largest absolute Gasteiger partial charge is 0.396 e. The van der Waals surface area contributed by atoms with Gasteiger partial charge in [-0.2, -0.15) is 0 Å². The van der Waals surface area contributed by atoms with E-state index in [1.165, 1.54) is 0 Å². The van der Waals surface area contributed by atoms with E-state index in [2.05, 4.69) is 10.0 Å². The third-order valence-electron chi connectivity index (χ3n) is 0.940. The van der Waals surface area contributed by atoms with Crippen molar-refractivity contribution in [1.29, 1.82) is 0 Å². The van der Waals surface area contributed by atoms with E-state index < -0.39 is 6.04 Å². The van der Waals surface area contributed by atoms with Crippen LogP contribution in [0.5, 0.6) is 0 Å². The van der Waals surface area contributed by atoms with Crippen LogP contribution in [-0.2, 0) is 4.74 Å². The molecule has 0 aliphatic heterocycles. The molecule has 58 valence electrons. The van der Waals surface area contributed by atoms with E-state index in [4.69, 9.17) is 15.4 Å². The van der Waals surface area contributed by atoms with Gasteiger partial charge in [0.2, 0.25) is 0 Å². The van der Waals surface area contributed by atoms with Gasteiger partial charge in [0.1, 0.15) is 0 Å². The number of hydrogen-bond donors (Lipinski definition) is 1. The first-order valence-corrected chi connectivity index (χ1v) is 3.08. The summed E-state index contributed by atoms with van der Waals surface area (Å²) in [6, 6.07) is -0.440. The summed E-state index contributed by atoms with van der Waals surface area (Å²) >= 11 is 0. The topological polar surface area (TPSA) is 78.2 Å². The van der Waals surface area contributed by atoms with Crippen LogP contribution < -0.4 is 0 Å². The Morgan fingerprint density at radius 1 is 1.80 bits per heavy atom. The molecule has 0 rings (SSSR count). The minimum atomic E-state index is -0.440.